The molecule has 2 rings (SSSR count). The predicted molar refractivity (Wildman–Crippen MR) is 74.2 cm³/mol. The van der Waals surface area contributed by atoms with Crippen molar-refractivity contribution in [3.05, 3.63) is 51.2 Å². The Bertz CT molecular complexity index is 522. The molecule has 0 aliphatic rings. The molecule has 0 radical (unpaired) electrons. The predicted octanol–water partition coefficient (Wildman–Crippen LogP) is 3.62. The van der Waals surface area contributed by atoms with E-state index in [1.165, 1.54) is 11.3 Å². The Balaban J connectivity index is 1.94. The maximum absolute atomic E-state index is 11.7. The van der Waals surface area contributed by atoms with Gasteiger partial charge in [-0.2, -0.15) is 0 Å². The van der Waals surface area contributed by atoms with Gasteiger partial charge in [-0.15, -0.1) is 24.0 Å². The van der Waals surface area contributed by atoms with Crippen molar-refractivity contribution in [1.82, 2.24) is 5.32 Å². The van der Waals surface area contributed by atoms with Gasteiger partial charge in [-0.25, -0.2) is 0 Å². The molecule has 0 spiro atoms. The third-order valence-corrected chi connectivity index (χ3v) is 3.79. The minimum absolute atomic E-state index is 0.0785. The minimum Gasteiger partial charge on any atom is -0.347 e. The number of hydrogen-bond acceptors (Lipinski definition) is 3. The molecule has 2 nitrogen and oxygen atoms in total. The van der Waals surface area contributed by atoms with Gasteiger partial charge >= 0.3 is 0 Å². The molecule has 1 aromatic heterocycles. The summed E-state index contributed by atoms with van der Waals surface area (Å²) in [5.41, 5.74) is 1.02. The summed E-state index contributed by atoms with van der Waals surface area (Å²) in [5, 5.41) is 5.37. The summed E-state index contributed by atoms with van der Waals surface area (Å²) in [7, 11) is 0. The summed E-state index contributed by atoms with van der Waals surface area (Å²) in [4.78, 5) is 13.2. The van der Waals surface area contributed by atoms with E-state index in [2.05, 4.69) is 17.9 Å². The summed E-state index contributed by atoms with van der Waals surface area (Å²) >= 11 is 11.3. The summed E-state index contributed by atoms with van der Waals surface area (Å²) in [6.07, 6.45) is 0. The first kappa shape index (κ1) is 12.5. The lowest BCUT2D eigenvalue weighted by Crippen LogP contribution is -2.21. The zero-order chi connectivity index (χ0) is 12.3. The molecular formula is C12H10ClNOS2. The van der Waals surface area contributed by atoms with Crippen molar-refractivity contribution in [3.63, 3.8) is 0 Å². The fraction of sp³-hybridized carbons (Fsp3) is 0.0833. The number of halogens is 1. The van der Waals surface area contributed by atoms with Crippen LogP contribution in [0.5, 0.6) is 0 Å². The number of thiol groups is 1. The van der Waals surface area contributed by atoms with Crippen LogP contribution in [0.2, 0.25) is 5.02 Å². The van der Waals surface area contributed by atoms with Crippen LogP contribution in [-0.2, 0) is 6.54 Å². The maximum Gasteiger partial charge on any atom is 0.261 e. The fourth-order valence-electron chi connectivity index (χ4n) is 1.32. The SMILES string of the molecule is O=C(NCc1ccc(Cl)cc1)c1cc(S)cs1. The van der Waals surface area contributed by atoms with Crippen LogP contribution in [0.15, 0.2) is 40.6 Å². The van der Waals surface area contributed by atoms with Crippen molar-refractivity contribution in [3.8, 4) is 0 Å². The largest absolute Gasteiger partial charge is 0.347 e. The lowest BCUT2D eigenvalue weighted by atomic mass is 10.2. The first-order valence-electron chi connectivity index (χ1n) is 4.95. The Morgan fingerprint density at radius 1 is 1.35 bits per heavy atom. The highest BCUT2D eigenvalue weighted by Gasteiger charge is 2.07. The van der Waals surface area contributed by atoms with Crippen LogP contribution in [0, 0.1) is 0 Å². The van der Waals surface area contributed by atoms with E-state index in [1.54, 1.807) is 18.2 Å². The highest BCUT2D eigenvalue weighted by Crippen LogP contribution is 2.17. The lowest BCUT2D eigenvalue weighted by molar-refractivity contribution is 0.0955. The van der Waals surface area contributed by atoms with Gasteiger partial charge in [-0.1, -0.05) is 23.7 Å². The normalized spacial score (nSPS) is 10.2. The van der Waals surface area contributed by atoms with E-state index < -0.39 is 0 Å². The number of nitrogens with one attached hydrogen (secondary N) is 1. The molecule has 1 aromatic carbocycles. The average molecular weight is 284 g/mol. The number of thiophene rings is 1. The topological polar surface area (TPSA) is 29.1 Å². The van der Waals surface area contributed by atoms with Crippen LogP contribution >= 0.6 is 35.6 Å². The van der Waals surface area contributed by atoms with Crippen molar-refractivity contribution in [1.29, 1.82) is 0 Å². The molecule has 5 heteroatoms. The van der Waals surface area contributed by atoms with Gasteiger partial charge in [0.25, 0.3) is 5.91 Å². The van der Waals surface area contributed by atoms with Crippen molar-refractivity contribution in [2.45, 2.75) is 11.4 Å². The molecule has 88 valence electrons. The van der Waals surface area contributed by atoms with Gasteiger partial charge in [-0.05, 0) is 23.8 Å². The zero-order valence-electron chi connectivity index (χ0n) is 8.81. The highest BCUT2D eigenvalue weighted by molar-refractivity contribution is 7.80. The van der Waals surface area contributed by atoms with Crippen LogP contribution in [0.25, 0.3) is 0 Å². The third-order valence-electron chi connectivity index (χ3n) is 2.18. The monoisotopic (exact) mass is 283 g/mol. The molecule has 0 unspecified atom stereocenters. The molecule has 2 aromatic rings. The average Bonchev–Trinajstić information content (AvgIpc) is 2.75. The van der Waals surface area contributed by atoms with Gasteiger partial charge in [0.05, 0.1) is 4.88 Å². The summed E-state index contributed by atoms with van der Waals surface area (Å²) in [6, 6.07) is 9.15. The second-order valence-corrected chi connectivity index (χ2v) is 5.34. The van der Waals surface area contributed by atoms with Crippen molar-refractivity contribution in [2.75, 3.05) is 0 Å². The molecule has 0 aliphatic carbocycles. The molecule has 1 amide bonds. The standard InChI is InChI=1S/C12H10ClNOS2/c13-9-3-1-8(2-4-9)6-14-12(15)11-5-10(16)7-17-11/h1-5,7,16H,6H2,(H,14,15). The van der Waals surface area contributed by atoms with Gasteiger partial charge in [0.1, 0.15) is 0 Å². The van der Waals surface area contributed by atoms with E-state index in [9.17, 15) is 4.79 Å². The fourth-order valence-corrected chi connectivity index (χ4v) is 2.51. The molecule has 0 fully saturated rings. The molecule has 0 bridgehead atoms. The molecule has 0 atom stereocenters. The number of amides is 1. The number of benzene rings is 1. The molecule has 17 heavy (non-hydrogen) atoms. The Labute approximate surface area is 114 Å². The minimum atomic E-state index is -0.0785. The van der Waals surface area contributed by atoms with Gasteiger partial charge in [0.2, 0.25) is 0 Å². The zero-order valence-corrected chi connectivity index (χ0v) is 11.3. The second kappa shape index (κ2) is 5.58. The van der Waals surface area contributed by atoms with E-state index in [4.69, 9.17) is 11.6 Å². The van der Waals surface area contributed by atoms with E-state index >= 15 is 0 Å². The Morgan fingerprint density at radius 2 is 2.06 bits per heavy atom. The van der Waals surface area contributed by atoms with E-state index in [0.29, 0.717) is 16.4 Å². The summed E-state index contributed by atoms with van der Waals surface area (Å²) in [5.74, 6) is -0.0785. The first-order valence-corrected chi connectivity index (χ1v) is 6.66. The summed E-state index contributed by atoms with van der Waals surface area (Å²) in [6.45, 7) is 0.496. The second-order valence-electron chi connectivity index (χ2n) is 3.48. The van der Waals surface area contributed by atoms with Crippen molar-refractivity contribution < 1.29 is 4.79 Å². The highest BCUT2D eigenvalue weighted by atomic mass is 35.5. The van der Waals surface area contributed by atoms with Gasteiger partial charge < -0.3 is 5.32 Å². The smallest absolute Gasteiger partial charge is 0.261 e. The number of carbonyl (C=O) groups is 1. The number of carbonyl (C=O) groups excluding carboxylic acids is 1. The Morgan fingerprint density at radius 3 is 2.65 bits per heavy atom. The third kappa shape index (κ3) is 3.49. The Kier molecular flexibility index (Phi) is 4.10. The van der Waals surface area contributed by atoms with Crippen LogP contribution < -0.4 is 5.32 Å². The Hall–Kier alpha value is -0.970. The van der Waals surface area contributed by atoms with Gasteiger partial charge in [0, 0.05) is 21.8 Å². The van der Waals surface area contributed by atoms with Crippen molar-refractivity contribution in [2.24, 2.45) is 0 Å². The van der Waals surface area contributed by atoms with Gasteiger partial charge in [0.15, 0.2) is 0 Å². The van der Waals surface area contributed by atoms with Crippen molar-refractivity contribution >= 4 is 41.5 Å². The van der Waals surface area contributed by atoms with Crippen LogP contribution in [0.3, 0.4) is 0 Å². The van der Waals surface area contributed by atoms with Gasteiger partial charge in [-0.3, -0.25) is 4.79 Å². The van der Waals surface area contributed by atoms with E-state index in [0.717, 1.165) is 10.5 Å². The van der Waals surface area contributed by atoms with Crippen LogP contribution in [-0.4, -0.2) is 5.91 Å². The lowest BCUT2D eigenvalue weighted by Gasteiger charge is -2.03. The maximum atomic E-state index is 11.7. The van der Waals surface area contributed by atoms with E-state index in [-0.39, 0.29) is 5.91 Å². The molecular weight excluding hydrogens is 274 g/mol. The molecule has 0 saturated carbocycles. The van der Waals surface area contributed by atoms with Crippen LogP contribution in [0.1, 0.15) is 15.2 Å². The molecule has 0 aliphatic heterocycles. The molecule has 1 heterocycles. The number of hydrogen-bond donors (Lipinski definition) is 2. The number of rotatable bonds is 3. The molecule has 1 N–H and O–H groups in total. The molecule has 0 saturated heterocycles. The first-order chi connectivity index (χ1) is 8.15. The quantitative estimate of drug-likeness (QED) is 0.828. The van der Waals surface area contributed by atoms with Crippen LogP contribution in [0.4, 0.5) is 0 Å². The summed E-state index contributed by atoms with van der Waals surface area (Å²) < 4.78 is 0. The van der Waals surface area contributed by atoms with E-state index in [1.807, 2.05) is 17.5 Å².